The molecule has 0 aromatic heterocycles. The first-order valence-corrected chi connectivity index (χ1v) is 6.15. The molecule has 0 bridgehead atoms. The van der Waals surface area contributed by atoms with Crippen molar-refractivity contribution in [1.82, 2.24) is 0 Å². The Labute approximate surface area is 94.6 Å². The Kier molecular flexibility index (Phi) is 5.92. The summed E-state index contributed by atoms with van der Waals surface area (Å²) < 4.78 is 6.29. The lowest BCUT2D eigenvalue weighted by Gasteiger charge is -2.19. The molecule has 0 fully saturated rings. The monoisotopic (exact) mass is 298 g/mol. The van der Waals surface area contributed by atoms with Crippen molar-refractivity contribution in [2.45, 2.75) is 46.1 Å². The van der Waals surface area contributed by atoms with Crippen LogP contribution in [0.2, 0.25) is 0 Å². The van der Waals surface area contributed by atoms with Crippen LogP contribution in [0.5, 0.6) is 0 Å². The summed E-state index contributed by atoms with van der Waals surface area (Å²) in [4.78, 5) is 11.3. The molecule has 0 radical (unpaired) electrons. The van der Waals surface area contributed by atoms with E-state index in [1.165, 1.54) is 0 Å². The molecule has 2 nitrogen and oxygen atoms in total. The van der Waals surface area contributed by atoms with Crippen LogP contribution in [0.1, 0.15) is 40.5 Å². The zero-order chi connectivity index (χ0) is 10.5. The van der Waals surface area contributed by atoms with Crippen LogP contribution in [0.4, 0.5) is 0 Å². The normalized spacial score (nSPS) is 13.9. The maximum atomic E-state index is 11.3. The van der Waals surface area contributed by atoms with Crippen molar-refractivity contribution in [3.8, 4) is 0 Å². The molecule has 0 unspecified atom stereocenters. The average Bonchev–Trinajstić information content (AvgIpc) is 1.97. The highest BCUT2D eigenvalue weighted by Gasteiger charge is 2.16. The molecule has 13 heavy (non-hydrogen) atoms. The quantitative estimate of drug-likeness (QED) is 0.453. The molecule has 1 atom stereocenters. The zero-order valence-electron chi connectivity index (χ0n) is 8.89. The van der Waals surface area contributed by atoms with E-state index in [4.69, 9.17) is 4.74 Å². The van der Waals surface area contributed by atoms with Crippen molar-refractivity contribution in [3.05, 3.63) is 0 Å². The van der Waals surface area contributed by atoms with Crippen molar-refractivity contribution in [2.75, 3.05) is 4.43 Å². The number of hydrogen-bond donors (Lipinski definition) is 0. The molecule has 0 rings (SSSR count). The van der Waals surface area contributed by atoms with Gasteiger partial charge in [-0.25, -0.2) is 0 Å². The Hall–Kier alpha value is 0.200. The summed E-state index contributed by atoms with van der Waals surface area (Å²) in [6.07, 6.45) is 1.47. The fraction of sp³-hybridized carbons (Fsp3) is 0.900. The summed E-state index contributed by atoms with van der Waals surface area (Å²) in [6.45, 7) is 7.84. The number of carbonyl (C=O) groups is 1. The molecule has 0 aliphatic rings. The zero-order valence-corrected chi connectivity index (χ0v) is 11.1. The summed E-state index contributed by atoms with van der Waals surface area (Å²) in [7, 11) is 0. The SMILES string of the molecule is C[C@H](CI)CCC(=O)OC(C)(C)C. The lowest BCUT2D eigenvalue weighted by Crippen LogP contribution is -2.24. The second-order valence-corrected chi connectivity index (χ2v) is 5.27. The van der Waals surface area contributed by atoms with Crippen LogP contribution < -0.4 is 0 Å². The highest BCUT2D eigenvalue weighted by atomic mass is 127. The van der Waals surface area contributed by atoms with E-state index in [2.05, 4.69) is 29.5 Å². The maximum Gasteiger partial charge on any atom is 0.306 e. The molecule has 0 saturated carbocycles. The summed E-state index contributed by atoms with van der Waals surface area (Å²) in [5.41, 5.74) is -0.343. The van der Waals surface area contributed by atoms with Crippen molar-refractivity contribution < 1.29 is 9.53 Å². The smallest absolute Gasteiger partial charge is 0.306 e. The molecule has 0 N–H and O–H groups in total. The highest BCUT2D eigenvalue weighted by Crippen LogP contribution is 2.13. The maximum absolute atomic E-state index is 11.3. The number of halogens is 1. The van der Waals surface area contributed by atoms with Gasteiger partial charge in [0.2, 0.25) is 0 Å². The molecule has 0 aliphatic carbocycles. The second kappa shape index (κ2) is 5.83. The van der Waals surface area contributed by atoms with E-state index in [-0.39, 0.29) is 11.6 Å². The van der Waals surface area contributed by atoms with E-state index in [0.717, 1.165) is 10.8 Å². The molecule has 0 heterocycles. The Morgan fingerprint density at radius 2 is 2.00 bits per heavy atom. The molecule has 0 saturated heterocycles. The van der Waals surface area contributed by atoms with Crippen molar-refractivity contribution in [3.63, 3.8) is 0 Å². The minimum atomic E-state index is -0.343. The number of alkyl halides is 1. The van der Waals surface area contributed by atoms with E-state index in [1.54, 1.807) is 0 Å². The standard InChI is InChI=1S/C10H19IO2/c1-8(7-11)5-6-9(12)13-10(2,3)4/h8H,5-7H2,1-4H3/t8-/m0/s1. The van der Waals surface area contributed by atoms with Gasteiger partial charge in [0.1, 0.15) is 5.60 Å². The highest BCUT2D eigenvalue weighted by molar-refractivity contribution is 14.1. The van der Waals surface area contributed by atoms with Crippen LogP contribution in [-0.4, -0.2) is 16.0 Å². The minimum absolute atomic E-state index is 0.0794. The van der Waals surface area contributed by atoms with Crippen LogP contribution in [0, 0.1) is 5.92 Å². The molecule has 0 aliphatic heterocycles. The van der Waals surface area contributed by atoms with Gasteiger partial charge in [0.15, 0.2) is 0 Å². The van der Waals surface area contributed by atoms with Gasteiger partial charge in [0.05, 0.1) is 0 Å². The third-order valence-corrected chi connectivity index (χ3v) is 3.03. The first-order valence-electron chi connectivity index (χ1n) is 4.63. The van der Waals surface area contributed by atoms with Crippen molar-refractivity contribution in [2.24, 2.45) is 5.92 Å². The van der Waals surface area contributed by atoms with Gasteiger partial charge in [-0.3, -0.25) is 4.79 Å². The first-order chi connectivity index (χ1) is 5.85. The summed E-state index contributed by atoms with van der Waals surface area (Å²) >= 11 is 2.34. The second-order valence-electron chi connectivity index (χ2n) is 4.38. The predicted molar refractivity (Wildman–Crippen MR) is 63.1 cm³/mol. The number of ether oxygens (including phenoxy) is 1. The first kappa shape index (κ1) is 13.2. The lowest BCUT2D eigenvalue weighted by atomic mass is 10.1. The Morgan fingerprint density at radius 1 is 1.46 bits per heavy atom. The number of esters is 1. The topological polar surface area (TPSA) is 26.3 Å². The fourth-order valence-electron chi connectivity index (χ4n) is 0.834. The van der Waals surface area contributed by atoms with Crippen LogP contribution in [0.3, 0.4) is 0 Å². The fourth-order valence-corrected chi connectivity index (χ4v) is 1.27. The lowest BCUT2D eigenvalue weighted by molar-refractivity contribution is -0.155. The van der Waals surface area contributed by atoms with E-state index < -0.39 is 0 Å². The summed E-state index contributed by atoms with van der Waals surface area (Å²) in [5, 5.41) is 0. The average molecular weight is 298 g/mol. The van der Waals surface area contributed by atoms with E-state index >= 15 is 0 Å². The van der Waals surface area contributed by atoms with Gasteiger partial charge in [-0.2, -0.15) is 0 Å². The van der Waals surface area contributed by atoms with Gasteiger partial charge in [-0.15, -0.1) is 0 Å². The Bertz CT molecular complexity index is 161. The largest absolute Gasteiger partial charge is 0.460 e. The third-order valence-electron chi connectivity index (χ3n) is 1.52. The van der Waals surface area contributed by atoms with Gasteiger partial charge >= 0.3 is 5.97 Å². The minimum Gasteiger partial charge on any atom is -0.460 e. The molecule has 0 spiro atoms. The Morgan fingerprint density at radius 3 is 2.38 bits per heavy atom. The van der Waals surface area contributed by atoms with E-state index in [0.29, 0.717) is 12.3 Å². The molecular weight excluding hydrogens is 279 g/mol. The van der Waals surface area contributed by atoms with Crippen molar-refractivity contribution >= 4 is 28.6 Å². The van der Waals surface area contributed by atoms with E-state index in [1.807, 2.05) is 20.8 Å². The molecule has 3 heteroatoms. The van der Waals surface area contributed by atoms with E-state index in [9.17, 15) is 4.79 Å². The van der Waals surface area contributed by atoms with Crippen LogP contribution >= 0.6 is 22.6 Å². The molecule has 0 amide bonds. The molecule has 0 aromatic carbocycles. The van der Waals surface area contributed by atoms with Crippen LogP contribution in [0.25, 0.3) is 0 Å². The molecule has 0 aromatic rings. The number of carbonyl (C=O) groups excluding carboxylic acids is 1. The van der Waals surface area contributed by atoms with Crippen molar-refractivity contribution in [1.29, 1.82) is 0 Å². The summed E-state index contributed by atoms with van der Waals surface area (Å²) in [5.74, 6) is 0.525. The number of rotatable bonds is 4. The van der Waals surface area contributed by atoms with Gasteiger partial charge in [-0.1, -0.05) is 29.5 Å². The van der Waals surface area contributed by atoms with Gasteiger partial charge in [0.25, 0.3) is 0 Å². The van der Waals surface area contributed by atoms with Gasteiger partial charge in [0, 0.05) is 10.8 Å². The number of hydrogen-bond acceptors (Lipinski definition) is 2. The Balaban J connectivity index is 3.64. The van der Waals surface area contributed by atoms with Gasteiger partial charge < -0.3 is 4.74 Å². The van der Waals surface area contributed by atoms with Crippen LogP contribution in [-0.2, 0) is 9.53 Å². The summed E-state index contributed by atoms with van der Waals surface area (Å²) in [6, 6.07) is 0. The van der Waals surface area contributed by atoms with Crippen LogP contribution in [0.15, 0.2) is 0 Å². The van der Waals surface area contributed by atoms with Gasteiger partial charge in [-0.05, 0) is 33.1 Å². The molecule has 78 valence electrons. The third kappa shape index (κ3) is 8.53. The predicted octanol–water partition coefficient (Wildman–Crippen LogP) is 3.18. The molecular formula is C10H19IO2.